The molecule has 0 bridgehead atoms. The summed E-state index contributed by atoms with van der Waals surface area (Å²) in [7, 11) is 1.93. The van der Waals surface area contributed by atoms with E-state index in [-0.39, 0.29) is 11.7 Å². The molecule has 20 heavy (non-hydrogen) atoms. The van der Waals surface area contributed by atoms with Crippen LogP contribution in [0.15, 0.2) is 18.2 Å². The number of hydrogen-bond donors (Lipinski definition) is 3. The van der Waals surface area contributed by atoms with Crippen molar-refractivity contribution in [2.75, 3.05) is 12.4 Å². The van der Waals surface area contributed by atoms with Crippen molar-refractivity contribution in [3.8, 4) is 0 Å². The lowest BCUT2D eigenvalue weighted by molar-refractivity contribution is 0.241. The molecular formula is C14H19F2N3O. The highest BCUT2D eigenvalue weighted by Crippen LogP contribution is 2.19. The first-order chi connectivity index (χ1) is 9.58. The SMILES string of the molecule is CNC1CCC(NC(=O)Nc2ccc(F)cc2F)CC1. The normalized spacial score (nSPS) is 22.4. The van der Waals surface area contributed by atoms with Gasteiger partial charge in [-0.25, -0.2) is 13.6 Å². The smallest absolute Gasteiger partial charge is 0.319 e. The molecular weight excluding hydrogens is 264 g/mol. The Kier molecular flexibility index (Phi) is 4.89. The van der Waals surface area contributed by atoms with Gasteiger partial charge in [-0.05, 0) is 44.9 Å². The van der Waals surface area contributed by atoms with Gasteiger partial charge in [0.25, 0.3) is 0 Å². The minimum atomic E-state index is -0.779. The molecule has 0 heterocycles. The van der Waals surface area contributed by atoms with Crippen LogP contribution in [0.25, 0.3) is 0 Å². The molecule has 0 aliphatic heterocycles. The number of anilines is 1. The molecule has 2 rings (SSSR count). The highest BCUT2D eigenvalue weighted by atomic mass is 19.1. The van der Waals surface area contributed by atoms with Gasteiger partial charge in [-0.1, -0.05) is 0 Å². The summed E-state index contributed by atoms with van der Waals surface area (Å²) in [5.41, 5.74) is -0.0205. The highest BCUT2D eigenvalue weighted by molar-refractivity contribution is 5.89. The van der Waals surface area contributed by atoms with Gasteiger partial charge in [0, 0.05) is 18.2 Å². The summed E-state index contributed by atoms with van der Waals surface area (Å²) in [5.74, 6) is -1.45. The minimum Gasteiger partial charge on any atom is -0.335 e. The molecule has 0 radical (unpaired) electrons. The zero-order valence-corrected chi connectivity index (χ0v) is 11.4. The summed E-state index contributed by atoms with van der Waals surface area (Å²) in [5, 5.41) is 8.44. The van der Waals surface area contributed by atoms with Crippen molar-refractivity contribution in [2.24, 2.45) is 0 Å². The molecule has 2 amide bonds. The zero-order chi connectivity index (χ0) is 14.5. The van der Waals surface area contributed by atoms with Crippen molar-refractivity contribution in [1.82, 2.24) is 10.6 Å². The Bertz CT molecular complexity index is 473. The van der Waals surface area contributed by atoms with Gasteiger partial charge in [0.1, 0.15) is 11.6 Å². The first-order valence-corrected chi connectivity index (χ1v) is 6.78. The average molecular weight is 283 g/mol. The van der Waals surface area contributed by atoms with Crippen molar-refractivity contribution in [1.29, 1.82) is 0 Å². The third kappa shape index (κ3) is 3.90. The molecule has 1 aromatic rings. The predicted octanol–water partition coefficient (Wildman–Crippen LogP) is 2.62. The van der Waals surface area contributed by atoms with E-state index in [4.69, 9.17) is 0 Å². The summed E-state index contributed by atoms with van der Waals surface area (Å²) < 4.78 is 26.1. The second-order valence-electron chi connectivity index (χ2n) is 5.06. The van der Waals surface area contributed by atoms with Crippen LogP contribution in [0.5, 0.6) is 0 Å². The van der Waals surface area contributed by atoms with Crippen LogP contribution in [0.2, 0.25) is 0 Å². The molecule has 6 heteroatoms. The number of amides is 2. The Balaban J connectivity index is 1.84. The Morgan fingerprint density at radius 3 is 2.40 bits per heavy atom. The first kappa shape index (κ1) is 14.7. The van der Waals surface area contributed by atoms with E-state index in [1.807, 2.05) is 7.05 Å². The van der Waals surface area contributed by atoms with Crippen LogP contribution in [0, 0.1) is 11.6 Å². The van der Waals surface area contributed by atoms with Crippen LogP contribution in [0.3, 0.4) is 0 Å². The van der Waals surface area contributed by atoms with E-state index in [9.17, 15) is 13.6 Å². The molecule has 0 spiro atoms. The number of carbonyl (C=O) groups excluding carboxylic acids is 1. The summed E-state index contributed by atoms with van der Waals surface area (Å²) >= 11 is 0. The van der Waals surface area contributed by atoms with E-state index in [2.05, 4.69) is 16.0 Å². The van der Waals surface area contributed by atoms with Gasteiger partial charge in [-0.2, -0.15) is 0 Å². The lowest BCUT2D eigenvalue weighted by Gasteiger charge is -2.28. The van der Waals surface area contributed by atoms with Crippen LogP contribution in [-0.2, 0) is 0 Å². The molecule has 1 aliphatic rings. The Morgan fingerprint density at radius 1 is 1.15 bits per heavy atom. The number of rotatable bonds is 3. The number of carbonyl (C=O) groups is 1. The molecule has 1 aliphatic carbocycles. The Hall–Kier alpha value is -1.69. The van der Waals surface area contributed by atoms with Gasteiger partial charge in [0.05, 0.1) is 5.69 Å². The fourth-order valence-electron chi connectivity index (χ4n) is 2.46. The summed E-state index contributed by atoms with van der Waals surface area (Å²) in [6, 6.07) is 3.21. The quantitative estimate of drug-likeness (QED) is 0.798. The van der Waals surface area contributed by atoms with E-state index in [0.29, 0.717) is 6.04 Å². The van der Waals surface area contributed by atoms with Crippen molar-refractivity contribution in [3.05, 3.63) is 29.8 Å². The van der Waals surface area contributed by atoms with E-state index in [1.54, 1.807) is 0 Å². The van der Waals surface area contributed by atoms with Crippen LogP contribution < -0.4 is 16.0 Å². The molecule has 0 unspecified atom stereocenters. The highest BCUT2D eigenvalue weighted by Gasteiger charge is 2.21. The maximum Gasteiger partial charge on any atom is 0.319 e. The fourth-order valence-corrected chi connectivity index (χ4v) is 2.46. The standard InChI is InChI=1S/C14H19F2N3O/c1-17-10-3-5-11(6-4-10)18-14(20)19-13-7-2-9(15)8-12(13)16/h2,7-8,10-11,17H,3-6H2,1H3,(H2,18,19,20). The maximum absolute atomic E-state index is 13.4. The summed E-state index contributed by atoms with van der Waals surface area (Å²) in [6.45, 7) is 0. The Morgan fingerprint density at radius 2 is 1.80 bits per heavy atom. The van der Waals surface area contributed by atoms with Gasteiger partial charge in [0.2, 0.25) is 0 Å². The van der Waals surface area contributed by atoms with Crippen LogP contribution in [0.1, 0.15) is 25.7 Å². The number of nitrogens with one attached hydrogen (secondary N) is 3. The molecule has 0 saturated heterocycles. The monoisotopic (exact) mass is 283 g/mol. The largest absolute Gasteiger partial charge is 0.335 e. The zero-order valence-electron chi connectivity index (χ0n) is 11.4. The van der Waals surface area contributed by atoms with Crippen molar-refractivity contribution >= 4 is 11.7 Å². The second kappa shape index (κ2) is 6.65. The minimum absolute atomic E-state index is 0.0205. The van der Waals surface area contributed by atoms with Crippen molar-refractivity contribution in [3.63, 3.8) is 0 Å². The molecule has 4 nitrogen and oxygen atoms in total. The van der Waals surface area contributed by atoms with E-state index >= 15 is 0 Å². The second-order valence-corrected chi connectivity index (χ2v) is 5.06. The van der Waals surface area contributed by atoms with Gasteiger partial charge >= 0.3 is 6.03 Å². The van der Waals surface area contributed by atoms with Crippen molar-refractivity contribution in [2.45, 2.75) is 37.8 Å². The van der Waals surface area contributed by atoms with Crippen molar-refractivity contribution < 1.29 is 13.6 Å². The van der Waals surface area contributed by atoms with E-state index in [0.717, 1.165) is 37.8 Å². The van der Waals surface area contributed by atoms with Gasteiger partial charge in [-0.3, -0.25) is 0 Å². The Labute approximate surface area is 116 Å². The maximum atomic E-state index is 13.4. The summed E-state index contributed by atoms with van der Waals surface area (Å²) in [4.78, 5) is 11.8. The van der Waals surface area contributed by atoms with E-state index < -0.39 is 17.7 Å². The molecule has 1 aromatic carbocycles. The fraction of sp³-hybridized carbons (Fsp3) is 0.500. The number of benzene rings is 1. The molecule has 0 aromatic heterocycles. The van der Waals surface area contributed by atoms with Crippen LogP contribution in [0.4, 0.5) is 19.3 Å². The topological polar surface area (TPSA) is 53.2 Å². The molecule has 3 N–H and O–H groups in total. The summed E-state index contributed by atoms with van der Waals surface area (Å²) in [6.07, 6.45) is 3.80. The molecule has 0 atom stereocenters. The number of halogens is 2. The lowest BCUT2D eigenvalue weighted by Crippen LogP contribution is -2.43. The molecule has 1 fully saturated rings. The first-order valence-electron chi connectivity index (χ1n) is 6.78. The average Bonchev–Trinajstić information content (AvgIpc) is 2.43. The third-order valence-electron chi connectivity index (χ3n) is 3.65. The predicted molar refractivity (Wildman–Crippen MR) is 73.6 cm³/mol. The third-order valence-corrected chi connectivity index (χ3v) is 3.65. The van der Waals surface area contributed by atoms with Gasteiger partial charge in [-0.15, -0.1) is 0 Å². The molecule has 1 saturated carbocycles. The van der Waals surface area contributed by atoms with Crippen LogP contribution in [-0.4, -0.2) is 25.2 Å². The number of hydrogen-bond acceptors (Lipinski definition) is 2. The van der Waals surface area contributed by atoms with Gasteiger partial charge < -0.3 is 16.0 Å². The van der Waals surface area contributed by atoms with Crippen LogP contribution >= 0.6 is 0 Å². The number of urea groups is 1. The molecule has 110 valence electrons. The van der Waals surface area contributed by atoms with Gasteiger partial charge in [0.15, 0.2) is 0 Å². The van der Waals surface area contributed by atoms with E-state index in [1.165, 1.54) is 6.07 Å². The lowest BCUT2D eigenvalue weighted by atomic mass is 9.91.